The molecule has 0 bridgehead atoms. The van der Waals surface area contributed by atoms with Crippen LogP contribution in [0.4, 0.5) is 0 Å². The Morgan fingerprint density at radius 3 is 1.21 bits per heavy atom. The van der Waals surface area contributed by atoms with Crippen LogP contribution in [0, 0.1) is 26.5 Å². The minimum absolute atomic E-state index is 0. The van der Waals surface area contributed by atoms with E-state index in [0.29, 0.717) is 0 Å². The fraction of sp³-hybridized carbons (Fsp3) is 0.412. The topological polar surface area (TPSA) is 0 Å². The Balaban J connectivity index is -0.000000205. The molecular weight excluding hydrogens is 323 g/mol. The average Bonchev–Trinajstić information content (AvgIpc) is 2.93. The van der Waals surface area contributed by atoms with E-state index in [2.05, 4.69) is 65.8 Å². The number of rotatable bonds is 0. The zero-order valence-electron chi connectivity index (χ0n) is 13.3. The van der Waals surface area contributed by atoms with Gasteiger partial charge in [0.2, 0.25) is 0 Å². The van der Waals surface area contributed by atoms with Crippen molar-refractivity contribution in [2.24, 2.45) is 0 Å². The second-order valence-electron chi connectivity index (χ2n) is 4.05. The first-order valence-electron chi connectivity index (χ1n) is 6.03. The Hall–Kier alpha value is 0.0600. The van der Waals surface area contributed by atoms with Crippen LogP contribution in [-0.4, -0.2) is 6.88 Å². The molecule has 106 valence electrons. The van der Waals surface area contributed by atoms with Gasteiger partial charge in [-0.15, -0.1) is 12.8 Å². The Morgan fingerprint density at radius 2 is 1.16 bits per heavy atom. The molecule has 2 heteroatoms. The van der Waals surface area contributed by atoms with Crippen molar-refractivity contribution in [2.45, 2.75) is 47.5 Å². The standard InChI is InChI=1S/2C7H9.C2H5.CH3.Si.Zr/c2*1-6-3-4-7(2)5-6;1-2;;;/h2*5H,3H2,1-2H3;1H2,2H3;1H3;;/q4*-1;;. The van der Waals surface area contributed by atoms with Gasteiger partial charge in [0.05, 0.1) is 0 Å². The molecule has 0 amide bonds. The first kappa shape index (κ1) is 24.1. The number of hydrogen-bond acceptors (Lipinski definition) is 0. The van der Waals surface area contributed by atoms with Gasteiger partial charge in [-0.2, -0.15) is 18.1 Å². The molecule has 0 nitrogen and oxygen atoms in total. The van der Waals surface area contributed by atoms with Crippen molar-refractivity contribution in [1.29, 1.82) is 0 Å². The molecule has 2 aliphatic carbocycles. The van der Waals surface area contributed by atoms with Crippen molar-refractivity contribution < 1.29 is 23.3 Å². The molecule has 0 saturated heterocycles. The Bertz CT molecular complexity index is 312. The quantitative estimate of drug-likeness (QED) is 0.422. The first-order chi connectivity index (χ1) is 8.58. The third kappa shape index (κ3) is 14.3. The molecule has 19 heavy (non-hydrogen) atoms. The van der Waals surface area contributed by atoms with E-state index in [0.717, 1.165) is 12.8 Å². The van der Waals surface area contributed by atoms with Crippen molar-refractivity contribution >= 4 is 6.88 Å². The Kier molecular flexibility index (Phi) is 20.4. The van der Waals surface area contributed by atoms with E-state index in [1.807, 2.05) is 0 Å². The monoisotopic (exact) mass is 348 g/mol. The van der Waals surface area contributed by atoms with Crippen LogP contribution in [0.1, 0.15) is 47.5 Å². The molecule has 2 radical (unpaired) electrons. The molecule has 2 rings (SSSR count). The van der Waals surface area contributed by atoms with Gasteiger partial charge in [-0.25, -0.2) is 23.3 Å². The molecule has 0 aromatic rings. The molecule has 0 heterocycles. The number of hydrogen-bond donors (Lipinski definition) is 0. The molecule has 0 aromatic carbocycles. The summed E-state index contributed by atoms with van der Waals surface area (Å²) in [7, 11) is 0. The average molecular weight is 350 g/mol. The summed E-state index contributed by atoms with van der Waals surface area (Å²) in [6.07, 6.45) is 12.8. The van der Waals surface area contributed by atoms with Crippen LogP contribution in [0.15, 0.2) is 34.4 Å². The van der Waals surface area contributed by atoms with E-state index in [4.69, 9.17) is 0 Å². The predicted octanol–water partition coefficient (Wildman–Crippen LogP) is 5.08. The normalized spacial score (nSPS) is 14.6. The molecule has 0 N–H and O–H groups in total. The summed E-state index contributed by atoms with van der Waals surface area (Å²) in [5.74, 6) is 0. The molecular formula is C17H26SiZr-4. The SMILES string of the molecule is CC1=[C-]CC(C)=C1.CC1=[C-]CC(C)=C1.[CH2-]C.[CH3-].[Si]=[Zr]. The zero-order chi connectivity index (χ0) is 14.6. The first-order valence-corrected chi connectivity index (χ1v) is 10.2. The predicted molar refractivity (Wildman–Crippen MR) is 84.8 cm³/mol. The van der Waals surface area contributed by atoms with Crippen molar-refractivity contribution in [1.82, 2.24) is 0 Å². The molecule has 0 aliphatic heterocycles. The summed E-state index contributed by atoms with van der Waals surface area (Å²) in [5, 5.41) is 0. The van der Waals surface area contributed by atoms with E-state index in [1.165, 1.54) is 45.6 Å². The van der Waals surface area contributed by atoms with Crippen LogP contribution in [0.3, 0.4) is 0 Å². The molecule has 0 atom stereocenters. The van der Waals surface area contributed by atoms with E-state index < -0.39 is 0 Å². The maximum absolute atomic E-state index is 3.25. The van der Waals surface area contributed by atoms with Gasteiger partial charge in [-0.3, -0.25) is 12.2 Å². The maximum atomic E-state index is 3.25. The van der Waals surface area contributed by atoms with Crippen LogP contribution < -0.4 is 0 Å². The van der Waals surface area contributed by atoms with Gasteiger partial charge in [0, 0.05) is 0 Å². The Morgan fingerprint density at radius 1 is 0.895 bits per heavy atom. The van der Waals surface area contributed by atoms with Gasteiger partial charge >= 0.3 is 30.2 Å². The van der Waals surface area contributed by atoms with Gasteiger partial charge in [-0.1, -0.05) is 27.7 Å². The summed E-state index contributed by atoms with van der Waals surface area (Å²) >= 11 is 1.36. The summed E-state index contributed by atoms with van der Waals surface area (Å²) < 4.78 is 0. The van der Waals surface area contributed by atoms with Crippen LogP contribution >= 0.6 is 0 Å². The van der Waals surface area contributed by atoms with E-state index in [-0.39, 0.29) is 7.43 Å². The molecule has 2 aliphatic rings. The van der Waals surface area contributed by atoms with E-state index in [1.54, 1.807) is 6.92 Å². The fourth-order valence-corrected chi connectivity index (χ4v) is 1.50. The molecule has 0 spiro atoms. The Labute approximate surface area is 138 Å². The van der Waals surface area contributed by atoms with Gasteiger partial charge in [-0.05, 0) is 0 Å². The summed E-state index contributed by atoms with van der Waals surface area (Å²) in [6, 6.07) is 0. The van der Waals surface area contributed by atoms with E-state index in [9.17, 15) is 0 Å². The molecule has 0 saturated carbocycles. The van der Waals surface area contributed by atoms with Crippen LogP contribution in [0.5, 0.6) is 0 Å². The van der Waals surface area contributed by atoms with Crippen LogP contribution in [0.25, 0.3) is 0 Å². The summed E-state index contributed by atoms with van der Waals surface area (Å²) in [4.78, 5) is 0. The zero-order valence-corrected chi connectivity index (χ0v) is 16.7. The van der Waals surface area contributed by atoms with Crippen molar-refractivity contribution in [3.63, 3.8) is 0 Å². The van der Waals surface area contributed by atoms with Gasteiger partial charge in [0.1, 0.15) is 0 Å². The molecule has 0 fully saturated rings. The minimum atomic E-state index is 0. The molecule has 0 aromatic heterocycles. The fourth-order valence-electron chi connectivity index (χ4n) is 1.50. The summed E-state index contributed by atoms with van der Waals surface area (Å²) in [6.45, 7) is 16.5. The van der Waals surface area contributed by atoms with Crippen molar-refractivity contribution in [3.8, 4) is 0 Å². The number of allylic oxidation sites excluding steroid dienone is 8. The van der Waals surface area contributed by atoms with Gasteiger partial charge in [0.15, 0.2) is 0 Å². The van der Waals surface area contributed by atoms with Gasteiger partial charge < -0.3 is 14.4 Å². The second kappa shape index (κ2) is 16.1. The third-order valence-electron chi connectivity index (χ3n) is 2.22. The van der Waals surface area contributed by atoms with Gasteiger partial charge in [0.25, 0.3) is 0 Å². The second-order valence-corrected chi connectivity index (χ2v) is 4.05. The molecule has 0 unspecified atom stereocenters. The van der Waals surface area contributed by atoms with E-state index >= 15 is 0 Å². The van der Waals surface area contributed by atoms with Crippen LogP contribution in [0.2, 0.25) is 0 Å². The van der Waals surface area contributed by atoms with Crippen molar-refractivity contribution in [3.05, 3.63) is 60.9 Å². The summed E-state index contributed by atoms with van der Waals surface area (Å²) in [5.41, 5.74) is 5.44. The van der Waals surface area contributed by atoms with Crippen molar-refractivity contribution in [2.75, 3.05) is 0 Å². The third-order valence-corrected chi connectivity index (χ3v) is 2.22. The van der Waals surface area contributed by atoms with Crippen LogP contribution in [-0.2, 0) is 23.3 Å².